The van der Waals surface area contributed by atoms with Crippen molar-refractivity contribution in [1.29, 1.82) is 0 Å². The van der Waals surface area contributed by atoms with Crippen LogP contribution in [0.4, 0.5) is 15.4 Å². The number of guanidine groups is 1. The number of carbonyl (C=O) groups excluding carboxylic acids is 3. The van der Waals surface area contributed by atoms with Crippen molar-refractivity contribution in [2.75, 3.05) is 25.0 Å². The van der Waals surface area contributed by atoms with Gasteiger partial charge in [0.1, 0.15) is 17.2 Å². The van der Waals surface area contributed by atoms with E-state index in [-0.39, 0.29) is 42.3 Å². The van der Waals surface area contributed by atoms with Crippen LogP contribution in [0.2, 0.25) is 0 Å². The van der Waals surface area contributed by atoms with E-state index in [2.05, 4.69) is 31.4 Å². The van der Waals surface area contributed by atoms with Gasteiger partial charge in [-0.25, -0.2) is 20.1 Å². The second-order valence-corrected chi connectivity index (χ2v) is 13.4. The number of aryl methyl sites for hydroxylation is 1. The first-order valence-electron chi connectivity index (χ1n) is 16.1. The molecule has 3 aromatic rings. The highest BCUT2D eigenvalue weighted by molar-refractivity contribution is 5.98. The summed E-state index contributed by atoms with van der Waals surface area (Å²) in [6, 6.07) is 19.3. The number of anilines is 1. The fourth-order valence-corrected chi connectivity index (χ4v) is 5.12. The van der Waals surface area contributed by atoms with E-state index in [9.17, 15) is 19.2 Å². The fraction of sp³-hybridized carbons (Fsp3) is 0.429. The van der Waals surface area contributed by atoms with Crippen LogP contribution in [-0.2, 0) is 25.5 Å². The number of amides is 3. The molecule has 262 valence electrons. The minimum absolute atomic E-state index is 0.0245. The first-order chi connectivity index (χ1) is 23.2. The van der Waals surface area contributed by atoms with Crippen molar-refractivity contribution in [1.82, 2.24) is 25.7 Å². The number of rotatable bonds is 10. The highest BCUT2D eigenvalue weighted by Crippen LogP contribution is 2.26. The van der Waals surface area contributed by atoms with Gasteiger partial charge in [-0.2, -0.15) is 0 Å². The van der Waals surface area contributed by atoms with E-state index in [0.717, 1.165) is 11.1 Å². The standard InChI is InChI=1S/C35H45N7O7/c1-34(2,3)48-32(45)39-31(40-33(46)49-35(4,5)6)41-47-20-19-36-29(43)27-18-17-25-21-37-28(30(44)42(25)27)38-22-26(23-13-9-7-10-14-23)24-15-11-8-12-16-24/h7-16,21,26-27H,17-20,22H2,1-6H3,(H,36,43)(H,37,38)(H2,39,40,41,45,46)/t27-/m0/s1. The molecule has 14 nitrogen and oxygen atoms in total. The summed E-state index contributed by atoms with van der Waals surface area (Å²) in [4.78, 5) is 64.7. The predicted octanol–water partition coefficient (Wildman–Crippen LogP) is 4.43. The predicted molar refractivity (Wildman–Crippen MR) is 184 cm³/mol. The molecule has 2 heterocycles. The van der Waals surface area contributed by atoms with Gasteiger partial charge in [0, 0.05) is 30.9 Å². The Morgan fingerprint density at radius 3 is 2.14 bits per heavy atom. The molecule has 4 rings (SSSR count). The van der Waals surface area contributed by atoms with Gasteiger partial charge in [-0.3, -0.25) is 24.3 Å². The van der Waals surface area contributed by atoms with Crippen LogP contribution in [0.5, 0.6) is 0 Å². The lowest BCUT2D eigenvalue weighted by atomic mass is 9.91. The highest BCUT2D eigenvalue weighted by atomic mass is 16.6. The van der Waals surface area contributed by atoms with E-state index in [0.29, 0.717) is 25.1 Å². The van der Waals surface area contributed by atoms with E-state index in [1.807, 2.05) is 60.7 Å². The minimum Gasteiger partial charge on any atom is -0.444 e. The zero-order valence-electron chi connectivity index (χ0n) is 28.7. The molecule has 0 fully saturated rings. The van der Waals surface area contributed by atoms with Crippen molar-refractivity contribution >= 4 is 29.9 Å². The van der Waals surface area contributed by atoms with Crippen LogP contribution in [0.3, 0.4) is 0 Å². The lowest BCUT2D eigenvalue weighted by Gasteiger charge is -2.21. The number of fused-ring (bicyclic) bond motifs is 1. The summed E-state index contributed by atoms with van der Waals surface area (Å²) in [5, 5.41) is 8.32. The number of hydroxylamine groups is 1. The van der Waals surface area contributed by atoms with E-state index in [1.54, 1.807) is 47.7 Å². The van der Waals surface area contributed by atoms with Crippen molar-refractivity contribution in [3.8, 4) is 0 Å². The van der Waals surface area contributed by atoms with Gasteiger partial charge < -0.3 is 20.1 Å². The second-order valence-electron chi connectivity index (χ2n) is 13.4. The Balaban J connectivity index is 1.35. The summed E-state index contributed by atoms with van der Waals surface area (Å²) in [6.45, 7) is 10.5. The molecule has 2 aromatic carbocycles. The molecule has 0 saturated heterocycles. The molecule has 4 N–H and O–H groups in total. The molecule has 0 aliphatic carbocycles. The normalized spacial score (nSPS) is 14.5. The number of ether oxygens (including phenoxy) is 2. The Morgan fingerprint density at radius 2 is 1.55 bits per heavy atom. The molecule has 1 aliphatic rings. The number of nitrogens with zero attached hydrogens (tertiary/aromatic N) is 3. The Bertz CT molecular complexity index is 1640. The van der Waals surface area contributed by atoms with Gasteiger partial charge in [-0.1, -0.05) is 60.7 Å². The molecule has 3 amide bonds. The molecule has 0 unspecified atom stereocenters. The fourth-order valence-electron chi connectivity index (χ4n) is 5.12. The van der Waals surface area contributed by atoms with Gasteiger partial charge in [0.25, 0.3) is 5.56 Å². The number of carbonyl (C=O) groups is 3. The van der Waals surface area contributed by atoms with Gasteiger partial charge >= 0.3 is 12.2 Å². The molecular formula is C35H45N7O7. The number of benzene rings is 2. The summed E-state index contributed by atoms with van der Waals surface area (Å²) in [5.41, 5.74) is 3.27. The quantitative estimate of drug-likeness (QED) is 0.104. The number of hydrogen-bond acceptors (Lipinski definition) is 9. The van der Waals surface area contributed by atoms with E-state index >= 15 is 0 Å². The second kappa shape index (κ2) is 16.2. The van der Waals surface area contributed by atoms with E-state index < -0.39 is 29.4 Å². The molecule has 0 saturated carbocycles. The number of aliphatic imine (C=N–C) groups is 1. The lowest BCUT2D eigenvalue weighted by molar-refractivity contribution is -0.124. The molecule has 0 bridgehead atoms. The molecular weight excluding hydrogens is 630 g/mol. The summed E-state index contributed by atoms with van der Waals surface area (Å²) in [5.74, 6) is -0.575. The zero-order chi connectivity index (χ0) is 35.6. The number of aromatic nitrogens is 2. The third kappa shape index (κ3) is 11.2. The zero-order valence-corrected chi connectivity index (χ0v) is 28.7. The highest BCUT2D eigenvalue weighted by Gasteiger charge is 2.31. The van der Waals surface area contributed by atoms with Crippen molar-refractivity contribution < 1.29 is 28.7 Å². The van der Waals surface area contributed by atoms with Gasteiger partial charge in [0.05, 0.1) is 6.61 Å². The lowest BCUT2D eigenvalue weighted by Crippen LogP contribution is -2.45. The average molecular weight is 676 g/mol. The van der Waals surface area contributed by atoms with Crippen molar-refractivity contribution in [3.63, 3.8) is 0 Å². The molecule has 0 spiro atoms. The van der Waals surface area contributed by atoms with Gasteiger partial charge in [0.2, 0.25) is 11.9 Å². The topological polar surface area (TPSA) is 174 Å². The Hall–Kier alpha value is -5.24. The SMILES string of the molecule is CC(C)(C)OC(=O)/N=C(/NOCCNC(=O)[C@@H]1CCc2cnc(NCC(c3ccccc3)c3ccccc3)c(=O)n21)NC(=O)OC(C)(C)C. The van der Waals surface area contributed by atoms with Crippen molar-refractivity contribution in [2.45, 2.75) is 77.5 Å². The van der Waals surface area contributed by atoms with Crippen LogP contribution in [0.25, 0.3) is 0 Å². The Kier molecular flexibility index (Phi) is 12.1. The molecule has 0 radical (unpaired) electrons. The first-order valence-corrected chi connectivity index (χ1v) is 16.1. The van der Waals surface area contributed by atoms with Gasteiger partial charge in [-0.15, -0.1) is 4.99 Å². The van der Waals surface area contributed by atoms with Crippen LogP contribution < -0.4 is 27.0 Å². The number of alkyl carbamates (subject to hydrolysis) is 1. The van der Waals surface area contributed by atoms with Crippen molar-refractivity contribution in [3.05, 3.63) is 94.0 Å². The van der Waals surface area contributed by atoms with Crippen LogP contribution in [0, 0.1) is 0 Å². The van der Waals surface area contributed by atoms with Gasteiger partial charge in [-0.05, 0) is 65.5 Å². The molecule has 49 heavy (non-hydrogen) atoms. The monoisotopic (exact) mass is 675 g/mol. The number of nitrogens with one attached hydrogen (secondary N) is 4. The van der Waals surface area contributed by atoms with Crippen LogP contribution in [-0.4, -0.2) is 64.5 Å². The minimum atomic E-state index is -0.965. The van der Waals surface area contributed by atoms with Gasteiger partial charge in [0.15, 0.2) is 5.82 Å². The summed E-state index contributed by atoms with van der Waals surface area (Å²) in [6.07, 6.45) is 0.758. The molecule has 1 aromatic heterocycles. The third-order valence-corrected chi connectivity index (χ3v) is 7.13. The van der Waals surface area contributed by atoms with Crippen molar-refractivity contribution in [2.24, 2.45) is 4.99 Å². The molecule has 14 heteroatoms. The maximum absolute atomic E-state index is 13.6. The Labute approximate surface area is 285 Å². The average Bonchev–Trinajstić information content (AvgIpc) is 3.46. The summed E-state index contributed by atoms with van der Waals surface area (Å²) < 4.78 is 11.9. The van der Waals surface area contributed by atoms with Crippen LogP contribution in [0.15, 0.2) is 76.6 Å². The smallest absolute Gasteiger partial charge is 0.437 e. The van der Waals surface area contributed by atoms with E-state index in [4.69, 9.17) is 14.3 Å². The summed E-state index contributed by atoms with van der Waals surface area (Å²) >= 11 is 0. The van der Waals surface area contributed by atoms with Crippen LogP contribution in [0.1, 0.15) is 76.7 Å². The Morgan fingerprint density at radius 1 is 0.939 bits per heavy atom. The van der Waals surface area contributed by atoms with E-state index in [1.165, 1.54) is 4.57 Å². The maximum atomic E-state index is 13.6. The molecule has 1 atom stereocenters. The number of hydrogen-bond donors (Lipinski definition) is 4. The largest absolute Gasteiger partial charge is 0.444 e. The van der Waals surface area contributed by atoms with Crippen LogP contribution >= 0.6 is 0 Å². The summed E-state index contributed by atoms with van der Waals surface area (Å²) in [7, 11) is 0. The third-order valence-electron chi connectivity index (χ3n) is 7.13. The first kappa shape index (κ1) is 36.6. The molecule has 1 aliphatic heterocycles. The maximum Gasteiger partial charge on any atom is 0.437 e.